The number of para-hydroxylation sites is 1. The Hall–Kier alpha value is -2.47. The van der Waals surface area contributed by atoms with Crippen molar-refractivity contribution in [3.05, 3.63) is 48.3 Å². The van der Waals surface area contributed by atoms with E-state index >= 15 is 0 Å². The molecule has 122 valence electrons. The maximum Gasteiger partial charge on any atom is 0.254 e. The molecule has 1 aromatic carbocycles. The Labute approximate surface area is 137 Å². The zero-order valence-corrected chi connectivity index (χ0v) is 13.9. The minimum atomic E-state index is -0.141. The molecule has 2 aromatic rings. The quantitative estimate of drug-likeness (QED) is 0.791. The number of rotatable bonds is 7. The molecule has 0 saturated carbocycles. The zero-order valence-electron chi connectivity index (χ0n) is 13.9. The molecule has 0 unspecified atom stereocenters. The predicted octanol–water partition coefficient (Wildman–Crippen LogP) is 1.93. The van der Waals surface area contributed by atoms with Gasteiger partial charge in [-0.05, 0) is 39.2 Å². The first-order valence-electron chi connectivity index (χ1n) is 7.61. The molecule has 1 N–H and O–H groups in total. The fourth-order valence-corrected chi connectivity index (χ4v) is 2.08. The van der Waals surface area contributed by atoms with Crippen LogP contribution < -0.4 is 10.2 Å². The molecule has 0 spiro atoms. The fraction of sp³-hybridized carbons (Fsp3) is 0.353. The van der Waals surface area contributed by atoms with E-state index in [1.54, 1.807) is 12.4 Å². The molecule has 0 fully saturated rings. The molecule has 6 heteroatoms. The van der Waals surface area contributed by atoms with Crippen molar-refractivity contribution >= 4 is 17.5 Å². The van der Waals surface area contributed by atoms with Crippen LogP contribution in [-0.2, 0) is 0 Å². The summed E-state index contributed by atoms with van der Waals surface area (Å²) in [6, 6.07) is 9.84. The van der Waals surface area contributed by atoms with Crippen molar-refractivity contribution < 1.29 is 4.79 Å². The summed E-state index contributed by atoms with van der Waals surface area (Å²) in [6.45, 7) is 1.58. The van der Waals surface area contributed by atoms with Crippen LogP contribution in [0.25, 0.3) is 0 Å². The third-order valence-electron chi connectivity index (χ3n) is 3.41. The summed E-state index contributed by atoms with van der Waals surface area (Å²) in [7, 11) is 5.92. The highest BCUT2D eigenvalue weighted by Crippen LogP contribution is 2.18. The van der Waals surface area contributed by atoms with E-state index in [-0.39, 0.29) is 5.91 Å². The second-order valence-corrected chi connectivity index (χ2v) is 5.58. The summed E-state index contributed by atoms with van der Waals surface area (Å²) >= 11 is 0. The Kier molecular flexibility index (Phi) is 6.05. The van der Waals surface area contributed by atoms with E-state index in [0.717, 1.165) is 18.7 Å². The van der Waals surface area contributed by atoms with Crippen molar-refractivity contribution in [1.82, 2.24) is 20.2 Å². The topological polar surface area (TPSA) is 61.4 Å². The molecular formula is C17H23N5O. The van der Waals surface area contributed by atoms with Crippen LogP contribution in [0, 0.1) is 0 Å². The van der Waals surface area contributed by atoms with Gasteiger partial charge in [0.15, 0.2) is 0 Å². The van der Waals surface area contributed by atoms with Crippen LogP contribution in [0.5, 0.6) is 0 Å². The van der Waals surface area contributed by atoms with Crippen molar-refractivity contribution in [3.63, 3.8) is 0 Å². The van der Waals surface area contributed by atoms with Crippen molar-refractivity contribution in [2.75, 3.05) is 39.1 Å². The van der Waals surface area contributed by atoms with E-state index < -0.39 is 0 Å². The Balaban J connectivity index is 1.92. The second kappa shape index (κ2) is 8.24. The van der Waals surface area contributed by atoms with Gasteiger partial charge in [-0.15, -0.1) is 0 Å². The van der Waals surface area contributed by atoms with Gasteiger partial charge in [-0.1, -0.05) is 18.2 Å². The first kappa shape index (κ1) is 16.9. The summed E-state index contributed by atoms with van der Waals surface area (Å²) in [4.78, 5) is 24.5. The maximum atomic E-state index is 12.0. The summed E-state index contributed by atoms with van der Waals surface area (Å²) < 4.78 is 0. The molecule has 1 heterocycles. The van der Waals surface area contributed by atoms with Crippen molar-refractivity contribution in [2.45, 2.75) is 6.42 Å². The van der Waals surface area contributed by atoms with Gasteiger partial charge in [-0.3, -0.25) is 4.79 Å². The van der Waals surface area contributed by atoms with Crippen LogP contribution in [0.15, 0.2) is 42.7 Å². The molecule has 1 aromatic heterocycles. The number of carbonyl (C=O) groups excluding carboxylic acids is 1. The standard InChI is InChI=1S/C17H23N5O/c1-21(2)11-7-10-18-16(23)14-12-19-17(20-13-14)22(3)15-8-5-4-6-9-15/h4-6,8-9,12-13H,7,10-11H2,1-3H3,(H,18,23). The van der Waals surface area contributed by atoms with Gasteiger partial charge in [0.1, 0.15) is 0 Å². The van der Waals surface area contributed by atoms with Crippen LogP contribution in [-0.4, -0.2) is 55.0 Å². The van der Waals surface area contributed by atoms with Crippen molar-refractivity contribution in [2.24, 2.45) is 0 Å². The first-order valence-corrected chi connectivity index (χ1v) is 7.61. The van der Waals surface area contributed by atoms with E-state index in [0.29, 0.717) is 18.1 Å². The number of nitrogens with zero attached hydrogens (tertiary/aromatic N) is 4. The third kappa shape index (κ3) is 5.03. The molecule has 23 heavy (non-hydrogen) atoms. The van der Waals surface area contributed by atoms with Crippen molar-refractivity contribution in [3.8, 4) is 0 Å². The van der Waals surface area contributed by atoms with Gasteiger partial charge in [0.05, 0.1) is 5.56 Å². The minimum absolute atomic E-state index is 0.141. The smallest absolute Gasteiger partial charge is 0.254 e. The lowest BCUT2D eigenvalue weighted by Crippen LogP contribution is -2.27. The Morgan fingerprint density at radius 1 is 1.09 bits per heavy atom. The normalized spacial score (nSPS) is 10.6. The number of anilines is 2. The minimum Gasteiger partial charge on any atom is -0.352 e. The summed E-state index contributed by atoms with van der Waals surface area (Å²) in [5, 5.41) is 2.88. The van der Waals surface area contributed by atoms with Crippen molar-refractivity contribution in [1.29, 1.82) is 0 Å². The summed E-state index contributed by atoms with van der Waals surface area (Å²) in [5.74, 6) is 0.415. The van der Waals surface area contributed by atoms with Crippen LogP contribution in [0.2, 0.25) is 0 Å². The average Bonchev–Trinajstić information content (AvgIpc) is 2.58. The molecular weight excluding hydrogens is 290 g/mol. The number of amides is 1. The van der Waals surface area contributed by atoms with Gasteiger partial charge in [0.2, 0.25) is 5.95 Å². The Morgan fingerprint density at radius 3 is 2.35 bits per heavy atom. The number of aromatic nitrogens is 2. The lowest BCUT2D eigenvalue weighted by molar-refractivity contribution is 0.0951. The predicted molar refractivity (Wildman–Crippen MR) is 92.0 cm³/mol. The van der Waals surface area contributed by atoms with E-state index in [9.17, 15) is 4.79 Å². The Bertz CT molecular complexity index is 613. The highest BCUT2D eigenvalue weighted by molar-refractivity contribution is 5.93. The van der Waals surface area contributed by atoms with Gasteiger partial charge in [-0.25, -0.2) is 9.97 Å². The molecule has 0 atom stereocenters. The van der Waals surface area contributed by atoms with Crippen LogP contribution in [0.3, 0.4) is 0 Å². The summed E-state index contributed by atoms with van der Waals surface area (Å²) in [5.41, 5.74) is 1.47. The highest BCUT2D eigenvalue weighted by atomic mass is 16.1. The van der Waals surface area contributed by atoms with Gasteiger partial charge >= 0.3 is 0 Å². The highest BCUT2D eigenvalue weighted by Gasteiger charge is 2.10. The number of carbonyl (C=O) groups is 1. The monoisotopic (exact) mass is 313 g/mol. The third-order valence-corrected chi connectivity index (χ3v) is 3.41. The number of hydrogen-bond acceptors (Lipinski definition) is 5. The number of hydrogen-bond donors (Lipinski definition) is 1. The molecule has 0 bridgehead atoms. The molecule has 0 radical (unpaired) electrons. The lowest BCUT2D eigenvalue weighted by atomic mass is 10.3. The van der Waals surface area contributed by atoms with Gasteiger partial charge in [0.25, 0.3) is 5.91 Å². The SMILES string of the molecule is CN(C)CCCNC(=O)c1cnc(N(C)c2ccccc2)nc1. The largest absolute Gasteiger partial charge is 0.352 e. The number of benzene rings is 1. The molecule has 6 nitrogen and oxygen atoms in total. The molecule has 2 rings (SSSR count). The molecule has 1 amide bonds. The van der Waals surface area contributed by atoms with Gasteiger partial charge in [-0.2, -0.15) is 0 Å². The zero-order chi connectivity index (χ0) is 16.7. The second-order valence-electron chi connectivity index (χ2n) is 5.58. The molecule has 0 aliphatic heterocycles. The number of nitrogens with one attached hydrogen (secondary N) is 1. The molecule has 0 aliphatic rings. The molecule has 0 saturated heterocycles. The van der Waals surface area contributed by atoms with Crippen LogP contribution in [0.1, 0.15) is 16.8 Å². The first-order chi connectivity index (χ1) is 11.1. The van der Waals surface area contributed by atoms with Crippen LogP contribution >= 0.6 is 0 Å². The fourth-order valence-electron chi connectivity index (χ4n) is 2.08. The van der Waals surface area contributed by atoms with E-state index in [1.165, 1.54) is 0 Å². The maximum absolute atomic E-state index is 12.0. The van der Waals surface area contributed by atoms with E-state index in [1.807, 2.05) is 56.4 Å². The summed E-state index contributed by atoms with van der Waals surface area (Å²) in [6.07, 6.45) is 4.03. The van der Waals surface area contributed by atoms with E-state index in [4.69, 9.17) is 0 Å². The Morgan fingerprint density at radius 2 is 1.74 bits per heavy atom. The van der Waals surface area contributed by atoms with Gasteiger partial charge < -0.3 is 15.1 Å². The lowest BCUT2D eigenvalue weighted by Gasteiger charge is -2.16. The van der Waals surface area contributed by atoms with E-state index in [2.05, 4.69) is 20.2 Å². The average molecular weight is 313 g/mol. The van der Waals surface area contributed by atoms with Crippen LogP contribution in [0.4, 0.5) is 11.6 Å². The molecule has 0 aliphatic carbocycles. The van der Waals surface area contributed by atoms with Gasteiger partial charge in [0, 0.05) is 31.7 Å².